The number of nitrogens with zero attached hydrogens (tertiary/aromatic N) is 1. The standard InChI is InChI=1S/C12H22N2O4S2/c1-9(20(2)18)3-4-13-12(17)14-5-6-19-8-10(14)7-11(15)16/h9-10H,3-8H2,1-2H3,(H,13,17)(H,15,16). The molecule has 3 atom stereocenters. The van der Waals surface area contributed by atoms with Crippen LogP contribution in [0.25, 0.3) is 0 Å². The van der Waals surface area contributed by atoms with Crippen molar-refractivity contribution in [1.82, 2.24) is 10.2 Å². The van der Waals surface area contributed by atoms with Crippen LogP contribution < -0.4 is 5.32 Å². The molecule has 20 heavy (non-hydrogen) atoms. The maximum absolute atomic E-state index is 12.1. The van der Waals surface area contributed by atoms with Gasteiger partial charge in [0.1, 0.15) is 0 Å². The molecule has 1 saturated heterocycles. The quantitative estimate of drug-likeness (QED) is 0.753. The van der Waals surface area contributed by atoms with Crippen molar-refractivity contribution in [3.8, 4) is 0 Å². The Bertz CT molecular complexity index is 378. The normalized spacial score (nSPS) is 22.1. The summed E-state index contributed by atoms with van der Waals surface area (Å²) in [6.45, 7) is 2.92. The molecule has 1 heterocycles. The second-order valence-corrected chi connectivity index (χ2v) is 7.80. The molecule has 0 radical (unpaired) electrons. The van der Waals surface area contributed by atoms with Crippen LogP contribution in [0.3, 0.4) is 0 Å². The van der Waals surface area contributed by atoms with Crippen LogP contribution in [0.5, 0.6) is 0 Å². The first kappa shape index (κ1) is 17.3. The number of hydrogen-bond acceptors (Lipinski definition) is 4. The summed E-state index contributed by atoms with van der Waals surface area (Å²) in [6.07, 6.45) is 2.29. The van der Waals surface area contributed by atoms with Crippen LogP contribution >= 0.6 is 11.8 Å². The predicted octanol–water partition coefficient (Wildman–Crippen LogP) is 0.745. The number of carboxylic acid groups (broad SMARTS) is 1. The zero-order chi connectivity index (χ0) is 15.1. The molecule has 2 amide bonds. The predicted molar refractivity (Wildman–Crippen MR) is 81.6 cm³/mol. The first-order chi connectivity index (χ1) is 9.41. The third-order valence-corrected chi connectivity index (χ3v) is 5.75. The van der Waals surface area contributed by atoms with Crippen LogP contribution in [0.15, 0.2) is 0 Å². The highest BCUT2D eigenvalue weighted by Gasteiger charge is 2.28. The minimum absolute atomic E-state index is 0.0181. The Balaban J connectivity index is 2.43. The van der Waals surface area contributed by atoms with Crippen molar-refractivity contribution >= 4 is 34.6 Å². The van der Waals surface area contributed by atoms with Gasteiger partial charge in [-0.1, -0.05) is 6.92 Å². The van der Waals surface area contributed by atoms with E-state index in [4.69, 9.17) is 5.11 Å². The largest absolute Gasteiger partial charge is 0.481 e. The van der Waals surface area contributed by atoms with Gasteiger partial charge in [-0.15, -0.1) is 0 Å². The lowest BCUT2D eigenvalue weighted by atomic mass is 10.2. The van der Waals surface area contributed by atoms with E-state index in [0.29, 0.717) is 25.3 Å². The highest BCUT2D eigenvalue weighted by atomic mass is 32.2. The zero-order valence-electron chi connectivity index (χ0n) is 11.8. The first-order valence-corrected chi connectivity index (χ1v) is 9.35. The molecule has 0 bridgehead atoms. The van der Waals surface area contributed by atoms with Crippen molar-refractivity contribution in [3.05, 3.63) is 0 Å². The van der Waals surface area contributed by atoms with Crippen LogP contribution in [-0.4, -0.2) is 68.4 Å². The first-order valence-electron chi connectivity index (χ1n) is 6.58. The van der Waals surface area contributed by atoms with E-state index in [0.717, 1.165) is 5.75 Å². The van der Waals surface area contributed by atoms with Gasteiger partial charge in [-0.3, -0.25) is 9.00 Å². The Labute approximate surface area is 126 Å². The Hall–Kier alpha value is -0.760. The summed E-state index contributed by atoms with van der Waals surface area (Å²) in [5, 5.41) is 11.7. The van der Waals surface area contributed by atoms with Crippen LogP contribution in [-0.2, 0) is 15.6 Å². The van der Waals surface area contributed by atoms with Gasteiger partial charge in [-0.2, -0.15) is 11.8 Å². The number of carbonyl (C=O) groups is 2. The van der Waals surface area contributed by atoms with Crippen molar-refractivity contribution in [3.63, 3.8) is 0 Å². The summed E-state index contributed by atoms with van der Waals surface area (Å²) in [4.78, 5) is 24.5. The third-order valence-electron chi connectivity index (χ3n) is 3.29. The van der Waals surface area contributed by atoms with Gasteiger partial charge in [0.25, 0.3) is 0 Å². The summed E-state index contributed by atoms with van der Waals surface area (Å²) in [6, 6.07) is -0.463. The van der Waals surface area contributed by atoms with Gasteiger partial charge in [0.2, 0.25) is 0 Å². The van der Waals surface area contributed by atoms with E-state index in [1.54, 1.807) is 22.9 Å². The van der Waals surface area contributed by atoms with E-state index >= 15 is 0 Å². The fraction of sp³-hybridized carbons (Fsp3) is 0.833. The van der Waals surface area contributed by atoms with Crippen LogP contribution in [0, 0.1) is 0 Å². The molecule has 6 nitrogen and oxygen atoms in total. The van der Waals surface area contributed by atoms with E-state index in [-0.39, 0.29) is 23.7 Å². The highest BCUT2D eigenvalue weighted by molar-refractivity contribution is 7.99. The summed E-state index contributed by atoms with van der Waals surface area (Å²) >= 11 is 1.67. The van der Waals surface area contributed by atoms with Crippen LogP contribution in [0.1, 0.15) is 19.8 Å². The van der Waals surface area contributed by atoms with Crippen molar-refractivity contribution in [2.75, 3.05) is 30.9 Å². The van der Waals surface area contributed by atoms with Crippen molar-refractivity contribution < 1.29 is 18.9 Å². The van der Waals surface area contributed by atoms with Crippen molar-refractivity contribution in [2.45, 2.75) is 31.1 Å². The number of carboxylic acids is 1. The van der Waals surface area contributed by atoms with E-state index < -0.39 is 16.8 Å². The lowest BCUT2D eigenvalue weighted by molar-refractivity contribution is -0.137. The van der Waals surface area contributed by atoms with Gasteiger partial charge in [0.15, 0.2) is 0 Å². The molecule has 1 rings (SSSR count). The Morgan fingerprint density at radius 1 is 1.55 bits per heavy atom. The Morgan fingerprint density at radius 2 is 2.25 bits per heavy atom. The molecule has 0 aliphatic carbocycles. The second kappa shape index (κ2) is 8.51. The summed E-state index contributed by atoms with van der Waals surface area (Å²) in [7, 11) is -0.890. The number of nitrogens with one attached hydrogen (secondary N) is 1. The molecule has 1 aliphatic rings. The third kappa shape index (κ3) is 5.70. The molecule has 116 valence electrons. The number of amides is 2. The minimum atomic E-state index is -0.890. The average molecular weight is 322 g/mol. The SMILES string of the molecule is CC(CCNC(=O)N1CCSCC1CC(=O)O)S(C)=O. The topological polar surface area (TPSA) is 86.7 Å². The molecular formula is C12H22N2O4S2. The number of aliphatic carboxylic acids is 1. The maximum Gasteiger partial charge on any atom is 0.317 e. The summed E-state index contributed by atoms with van der Waals surface area (Å²) in [5.74, 6) is 0.610. The summed E-state index contributed by atoms with van der Waals surface area (Å²) in [5.41, 5.74) is 0. The van der Waals surface area contributed by atoms with Gasteiger partial charge < -0.3 is 15.3 Å². The molecule has 0 spiro atoms. The van der Waals surface area contributed by atoms with Crippen LogP contribution in [0.2, 0.25) is 0 Å². The van der Waals surface area contributed by atoms with E-state index in [1.165, 1.54) is 0 Å². The monoisotopic (exact) mass is 322 g/mol. The molecule has 1 aliphatic heterocycles. The maximum atomic E-state index is 12.1. The fourth-order valence-electron chi connectivity index (χ4n) is 1.94. The molecule has 0 aromatic carbocycles. The molecular weight excluding hydrogens is 300 g/mol. The van der Waals surface area contributed by atoms with Crippen molar-refractivity contribution in [2.24, 2.45) is 0 Å². The zero-order valence-corrected chi connectivity index (χ0v) is 13.5. The molecule has 0 aromatic heterocycles. The molecule has 8 heteroatoms. The van der Waals surface area contributed by atoms with Gasteiger partial charge in [0.05, 0.1) is 12.5 Å². The van der Waals surface area contributed by atoms with Crippen molar-refractivity contribution in [1.29, 1.82) is 0 Å². The summed E-state index contributed by atoms with van der Waals surface area (Å²) < 4.78 is 11.2. The molecule has 1 fully saturated rings. The van der Waals surface area contributed by atoms with Gasteiger partial charge in [0, 0.05) is 46.9 Å². The van der Waals surface area contributed by atoms with Gasteiger partial charge in [-0.05, 0) is 6.42 Å². The molecule has 0 saturated carbocycles. The Morgan fingerprint density at radius 3 is 2.85 bits per heavy atom. The molecule has 0 aromatic rings. The highest BCUT2D eigenvalue weighted by Crippen LogP contribution is 2.19. The van der Waals surface area contributed by atoms with Crippen LogP contribution in [0.4, 0.5) is 4.79 Å². The molecule has 2 N–H and O–H groups in total. The van der Waals surface area contributed by atoms with E-state index in [2.05, 4.69) is 5.32 Å². The van der Waals surface area contributed by atoms with E-state index in [9.17, 15) is 13.8 Å². The lowest BCUT2D eigenvalue weighted by Crippen LogP contribution is -2.51. The number of urea groups is 1. The lowest BCUT2D eigenvalue weighted by Gasteiger charge is -2.34. The number of thioether (sulfide) groups is 1. The minimum Gasteiger partial charge on any atom is -0.481 e. The van der Waals surface area contributed by atoms with Gasteiger partial charge in [-0.25, -0.2) is 4.79 Å². The fourth-order valence-corrected chi connectivity index (χ4v) is 3.45. The Kier molecular flexibility index (Phi) is 7.36. The number of rotatable bonds is 6. The molecule has 3 unspecified atom stereocenters. The number of hydrogen-bond donors (Lipinski definition) is 2. The average Bonchev–Trinajstić information content (AvgIpc) is 2.38. The second-order valence-electron chi connectivity index (χ2n) is 4.85. The van der Waals surface area contributed by atoms with Gasteiger partial charge >= 0.3 is 12.0 Å². The number of carbonyl (C=O) groups excluding carboxylic acids is 1. The van der Waals surface area contributed by atoms with E-state index in [1.807, 2.05) is 6.92 Å². The smallest absolute Gasteiger partial charge is 0.317 e.